The number of nitro groups is 1. The van der Waals surface area contributed by atoms with Crippen LogP contribution >= 0.6 is 0 Å². The van der Waals surface area contributed by atoms with Gasteiger partial charge in [-0.2, -0.15) is 0 Å². The third-order valence-corrected chi connectivity index (χ3v) is 7.24. The monoisotopic (exact) mass is 617 g/mol. The van der Waals surface area contributed by atoms with E-state index in [1.165, 1.54) is 45.2 Å². The first-order valence-electron chi connectivity index (χ1n) is 14.3. The number of piperidine rings is 1. The van der Waals surface area contributed by atoms with Crippen LogP contribution < -0.4 is 5.32 Å². The maximum absolute atomic E-state index is 13.6. The van der Waals surface area contributed by atoms with Gasteiger partial charge in [0, 0.05) is 37.1 Å². The van der Waals surface area contributed by atoms with Crippen LogP contribution in [0, 0.1) is 16.0 Å². The Kier molecular flexibility index (Phi) is 12.4. The normalized spacial score (nSPS) is 17.4. The molecule has 14 nitrogen and oxygen atoms in total. The van der Waals surface area contributed by atoms with E-state index in [9.17, 15) is 29.3 Å². The summed E-state index contributed by atoms with van der Waals surface area (Å²) in [4.78, 5) is 64.9. The minimum absolute atomic E-state index is 0.0496. The second-order valence-electron chi connectivity index (χ2n) is 10.6. The number of carbonyl (C=O) groups is 4. The zero-order chi connectivity index (χ0) is 32.4. The fourth-order valence-electron chi connectivity index (χ4n) is 5.17. The van der Waals surface area contributed by atoms with Crippen molar-refractivity contribution in [2.24, 2.45) is 5.92 Å². The number of benzene rings is 1. The summed E-state index contributed by atoms with van der Waals surface area (Å²) in [5.74, 6) is -3.27. The number of ether oxygens (including phenoxy) is 5. The van der Waals surface area contributed by atoms with Crippen LogP contribution in [-0.4, -0.2) is 80.1 Å². The summed E-state index contributed by atoms with van der Waals surface area (Å²) >= 11 is 0. The van der Waals surface area contributed by atoms with E-state index in [1.807, 2.05) is 0 Å². The average molecular weight is 618 g/mol. The lowest BCUT2D eigenvalue weighted by Crippen LogP contribution is -2.39. The first-order chi connectivity index (χ1) is 21.0. The molecule has 0 spiro atoms. The minimum atomic E-state index is -1.19. The smallest absolute Gasteiger partial charge is 0.421 e. The average Bonchev–Trinajstić information content (AvgIpc) is 2.97. The highest BCUT2D eigenvalue weighted by Crippen LogP contribution is 2.44. The molecule has 2 aliphatic heterocycles. The second-order valence-corrected chi connectivity index (χ2v) is 10.6. The number of esters is 3. The molecular weight excluding hydrogens is 578 g/mol. The predicted molar refractivity (Wildman–Crippen MR) is 155 cm³/mol. The molecule has 240 valence electrons. The number of nitro benzene ring substituents is 1. The van der Waals surface area contributed by atoms with Crippen LogP contribution in [0.3, 0.4) is 0 Å². The van der Waals surface area contributed by atoms with Crippen molar-refractivity contribution in [3.8, 4) is 0 Å². The summed E-state index contributed by atoms with van der Waals surface area (Å²) in [6, 6.07) is 5.47. The Bertz CT molecular complexity index is 1310. The van der Waals surface area contributed by atoms with Crippen LogP contribution in [-0.2, 0) is 38.1 Å². The summed E-state index contributed by atoms with van der Waals surface area (Å²) < 4.78 is 26.3. The molecular formula is C30H39N3O11. The molecule has 3 rings (SSSR count). The first kappa shape index (κ1) is 34.2. The number of hydrogen-bond acceptors (Lipinski definition) is 12. The van der Waals surface area contributed by atoms with E-state index in [-0.39, 0.29) is 59.3 Å². The quantitative estimate of drug-likeness (QED) is 0.0901. The molecule has 0 radical (unpaired) electrons. The van der Waals surface area contributed by atoms with Gasteiger partial charge in [0.25, 0.3) is 5.69 Å². The molecule has 1 aromatic rings. The van der Waals surface area contributed by atoms with Gasteiger partial charge in [-0.1, -0.05) is 12.1 Å². The molecule has 0 saturated carbocycles. The molecule has 0 bridgehead atoms. The molecule has 1 atom stereocenters. The molecule has 2 heterocycles. The predicted octanol–water partition coefficient (Wildman–Crippen LogP) is 3.71. The number of nitrogens with one attached hydrogen (secondary N) is 1. The number of methoxy groups -OCH3 is 1. The number of hydrogen-bond donors (Lipinski definition) is 1. The lowest BCUT2D eigenvalue weighted by molar-refractivity contribution is -0.384. The SMILES string of the molecule is COCCOC(=O)C1=C(C)N(C(=O)OCOC(=O)CC2CCNCC2)C(C)=C(C(=O)OC(C)C)C1c1cccc([N+](=O)[O-])c1. The van der Waals surface area contributed by atoms with Gasteiger partial charge in [-0.3, -0.25) is 19.8 Å². The third-order valence-electron chi connectivity index (χ3n) is 7.24. The summed E-state index contributed by atoms with van der Waals surface area (Å²) in [5, 5.41) is 14.8. The number of nitrogens with zero attached hydrogens (tertiary/aromatic N) is 2. The Labute approximate surface area is 255 Å². The highest BCUT2D eigenvalue weighted by Gasteiger charge is 2.43. The Morgan fingerprint density at radius 3 is 2.27 bits per heavy atom. The summed E-state index contributed by atoms with van der Waals surface area (Å²) in [5.41, 5.74) is -0.189. The van der Waals surface area contributed by atoms with Gasteiger partial charge in [-0.25, -0.2) is 14.4 Å². The number of allylic oxidation sites excluding steroid dienone is 2. The van der Waals surface area contributed by atoms with Crippen LogP contribution in [0.5, 0.6) is 0 Å². The van der Waals surface area contributed by atoms with Gasteiger partial charge in [-0.05, 0) is 65.1 Å². The van der Waals surface area contributed by atoms with Gasteiger partial charge in [0.15, 0.2) is 0 Å². The Morgan fingerprint density at radius 2 is 1.66 bits per heavy atom. The lowest BCUT2D eigenvalue weighted by atomic mass is 9.79. The van der Waals surface area contributed by atoms with Crippen molar-refractivity contribution in [1.82, 2.24) is 10.2 Å². The zero-order valence-corrected chi connectivity index (χ0v) is 25.6. The van der Waals surface area contributed by atoms with E-state index in [0.717, 1.165) is 30.8 Å². The third kappa shape index (κ3) is 8.63. The van der Waals surface area contributed by atoms with Gasteiger partial charge in [0.1, 0.15) is 6.61 Å². The Balaban J connectivity index is 2.00. The largest absolute Gasteiger partial charge is 0.460 e. The molecule has 2 aliphatic rings. The molecule has 1 amide bonds. The van der Waals surface area contributed by atoms with Crippen LogP contribution in [0.15, 0.2) is 46.8 Å². The molecule has 1 N–H and O–H groups in total. The van der Waals surface area contributed by atoms with Crippen molar-refractivity contribution in [2.45, 2.75) is 59.0 Å². The molecule has 0 aromatic heterocycles. The van der Waals surface area contributed by atoms with Crippen LogP contribution in [0.4, 0.5) is 10.5 Å². The van der Waals surface area contributed by atoms with E-state index < -0.39 is 47.7 Å². The van der Waals surface area contributed by atoms with E-state index in [2.05, 4.69) is 5.32 Å². The van der Waals surface area contributed by atoms with E-state index >= 15 is 0 Å². The van der Waals surface area contributed by atoms with Crippen molar-refractivity contribution in [3.05, 3.63) is 62.5 Å². The molecule has 14 heteroatoms. The number of rotatable bonds is 12. The van der Waals surface area contributed by atoms with Crippen LogP contribution in [0.25, 0.3) is 0 Å². The number of non-ortho nitro benzene ring substituents is 1. The van der Waals surface area contributed by atoms with Gasteiger partial charge < -0.3 is 29.0 Å². The highest BCUT2D eigenvalue weighted by atomic mass is 16.7. The lowest BCUT2D eigenvalue weighted by Gasteiger charge is -2.36. The van der Waals surface area contributed by atoms with Crippen LogP contribution in [0.1, 0.15) is 58.4 Å². The minimum Gasteiger partial charge on any atom is -0.460 e. The summed E-state index contributed by atoms with van der Waals surface area (Å²) in [6.45, 7) is 7.05. The molecule has 0 aliphatic carbocycles. The first-order valence-corrected chi connectivity index (χ1v) is 14.3. The summed E-state index contributed by atoms with van der Waals surface area (Å²) in [6.07, 6.45) is 0.262. The van der Waals surface area contributed by atoms with Crippen molar-refractivity contribution in [3.63, 3.8) is 0 Å². The Morgan fingerprint density at radius 1 is 1.00 bits per heavy atom. The maximum Gasteiger partial charge on any atom is 0.421 e. The fraction of sp³-hybridized carbons (Fsp3) is 0.533. The molecule has 1 unspecified atom stereocenters. The van der Waals surface area contributed by atoms with Gasteiger partial charge in [0.2, 0.25) is 6.79 Å². The zero-order valence-electron chi connectivity index (χ0n) is 25.6. The topological polar surface area (TPSA) is 173 Å². The maximum atomic E-state index is 13.6. The van der Waals surface area contributed by atoms with E-state index in [4.69, 9.17) is 23.7 Å². The standard InChI is InChI=1S/C30H39N3O11/c1-18(2)44-29(36)26-20(4)32(30(37)43-17-42-24(34)15-21-9-11-31-12-10-21)19(3)25(28(35)41-14-13-40-5)27(26)22-7-6-8-23(16-22)33(38)39/h6-8,16,18,21,27,31H,9-15,17H2,1-5H3. The molecule has 1 fully saturated rings. The summed E-state index contributed by atoms with van der Waals surface area (Å²) in [7, 11) is 1.42. The molecule has 44 heavy (non-hydrogen) atoms. The van der Waals surface area contributed by atoms with Crippen molar-refractivity contribution in [1.29, 1.82) is 0 Å². The second kappa shape index (κ2) is 16.0. The fourth-order valence-corrected chi connectivity index (χ4v) is 5.17. The van der Waals surface area contributed by atoms with Crippen LogP contribution in [0.2, 0.25) is 0 Å². The van der Waals surface area contributed by atoms with E-state index in [0.29, 0.717) is 0 Å². The van der Waals surface area contributed by atoms with Gasteiger partial charge >= 0.3 is 24.0 Å². The van der Waals surface area contributed by atoms with Crippen molar-refractivity contribution < 1.29 is 47.8 Å². The number of amides is 1. The van der Waals surface area contributed by atoms with E-state index in [1.54, 1.807) is 13.8 Å². The highest BCUT2D eigenvalue weighted by molar-refractivity contribution is 6.01. The van der Waals surface area contributed by atoms with Gasteiger partial charge in [-0.15, -0.1) is 0 Å². The van der Waals surface area contributed by atoms with Gasteiger partial charge in [0.05, 0.1) is 34.7 Å². The number of carbonyl (C=O) groups excluding carboxylic acids is 4. The van der Waals surface area contributed by atoms with Crippen molar-refractivity contribution in [2.75, 3.05) is 40.2 Å². The molecule has 1 aromatic carbocycles. The van der Waals surface area contributed by atoms with Crippen molar-refractivity contribution >= 4 is 29.7 Å². The molecule has 1 saturated heterocycles. The Hall–Kier alpha value is -4.30.